The topological polar surface area (TPSA) is 91.8 Å². The Bertz CT molecular complexity index is 1380. The van der Waals surface area contributed by atoms with E-state index >= 15 is 0 Å². The van der Waals surface area contributed by atoms with Crippen LogP contribution in [-0.4, -0.2) is 57.3 Å². The molecule has 6 rings (SSSR count). The highest BCUT2D eigenvalue weighted by atomic mass is 19.1. The maximum absolute atomic E-state index is 13.5. The van der Waals surface area contributed by atoms with E-state index < -0.39 is 12.6 Å². The van der Waals surface area contributed by atoms with Gasteiger partial charge in [0.15, 0.2) is 5.82 Å². The lowest BCUT2D eigenvalue weighted by molar-refractivity contribution is 0.352. The molecule has 0 bridgehead atoms. The van der Waals surface area contributed by atoms with Crippen LogP contribution >= 0.6 is 0 Å². The zero-order valence-corrected chi connectivity index (χ0v) is 19.0. The maximum atomic E-state index is 13.5. The number of fused-ring (bicyclic) bond motifs is 1. The van der Waals surface area contributed by atoms with Crippen molar-refractivity contribution in [3.05, 3.63) is 60.4 Å². The summed E-state index contributed by atoms with van der Waals surface area (Å²) in [5.74, 6) is 2.08. The molecule has 0 spiro atoms. The van der Waals surface area contributed by atoms with Crippen LogP contribution in [0.1, 0.15) is 24.3 Å². The number of rotatable bonds is 6. The highest BCUT2D eigenvalue weighted by Crippen LogP contribution is 2.45. The number of hydrogen-bond donors (Lipinski definition) is 2. The van der Waals surface area contributed by atoms with Gasteiger partial charge in [-0.25, -0.2) is 24.3 Å². The molecule has 0 unspecified atom stereocenters. The summed E-state index contributed by atoms with van der Waals surface area (Å²) < 4.78 is 27.0. The van der Waals surface area contributed by atoms with Crippen molar-refractivity contribution < 1.29 is 8.78 Å². The summed E-state index contributed by atoms with van der Waals surface area (Å²) >= 11 is 0. The number of anilines is 3. The molecule has 178 valence electrons. The van der Waals surface area contributed by atoms with Gasteiger partial charge in [-0.3, -0.25) is 4.98 Å². The summed E-state index contributed by atoms with van der Waals surface area (Å²) in [6, 6.07) is 7.92. The minimum Gasteiger partial charge on any atom is -0.353 e. The van der Waals surface area contributed by atoms with Crippen molar-refractivity contribution in [1.82, 2.24) is 30.2 Å². The number of hydrogen-bond acceptors (Lipinski definition) is 8. The zero-order valence-electron chi connectivity index (χ0n) is 19.0. The molecule has 2 aliphatic rings. The summed E-state index contributed by atoms with van der Waals surface area (Å²) in [6.07, 6.45) is 7.59. The van der Waals surface area contributed by atoms with Gasteiger partial charge in [-0.1, -0.05) is 6.07 Å². The summed E-state index contributed by atoms with van der Waals surface area (Å²) in [5, 5.41) is 7.25. The summed E-state index contributed by atoms with van der Waals surface area (Å²) in [5.41, 5.74) is 2.67. The maximum Gasteiger partial charge on any atom is 0.214 e. The van der Waals surface area contributed by atoms with Crippen molar-refractivity contribution in [2.24, 2.45) is 0 Å². The van der Waals surface area contributed by atoms with Gasteiger partial charge in [-0.2, -0.15) is 4.39 Å². The standard InChI is InChI=1S/C25H24F2N8/c26-11-17-14-35(9-8-29-17)25-23-18(15-4-5-15)12-28-13-19(23)31-24(34-25)16-6-7-30-22(10-16)33-21-3-1-2-20(27)32-21/h1-3,6-7,10,12-13,15,17,29H,4-5,8-9,11,14H2,(H,30,32,33)/t17-/m0/s1. The van der Waals surface area contributed by atoms with Gasteiger partial charge in [0.2, 0.25) is 5.95 Å². The molecule has 1 saturated carbocycles. The second-order valence-corrected chi connectivity index (χ2v) is 8.92. The third-order valence-electron chi connectivity index (χ3n) is 6.36. The normalized spacial score (nSPS) is 18.1. The van der Waals surface area contributed by atoms with E-state index in [9.17, 15) is 8.78 Å². The molecule has 0 radical (unpaired) electrons. The van der Waals surface area contributed by atoms with E-state index in [1.54, 1.807) is 30.6 Å². The number of aromatic nitrogens is 5. The van der Waals surface area contributed by atoms with Crippen LogP contribution in [0.2, 0.25) is 0 Å². The number of halogens is 2. The Labute approximate surface area is 200 Å². The van der Waals surface area contributed by atoms with Gasteiger partial charge in [-0.05, 0) is 48.6 Å². The lowest BCUT2D eigenvalue weighted by atomic mass is 10.1. The summed E-state index contributed by atoms with van der Waals surface area (Å²) in [6.45, 7) is 1.51. The molecule has 1 atom stereocenters. The first-order valence-electron chi connectivity index (χ1n) is 11.7. The molecule has 8 nitrogen and oxygen atoms in total. The number of alkyl halides is 1. The predicted molar refractivity (Wildman–Crippen MR) is 130 cm³/mol. The van der Waals surface area contributed by atoms with E-state index in [1.807, 2.05) is 12.3 Å². The second kappa shape index (κ2) is 9.10. The van der Waals surface area contributed by atoms with Gasteiger partial charge in [0.25, 0.3) is 0 Å². The molecule has 0 aromatic carbocycles. The van der Waals surface area contributed by atoms with Crippen molar-refractivity contribution in [2.75, 3.05) is 36.5 Å². The molecule has 1 aliphatic carbocycles. The number of nitrogens with zero attached hydrogens (tertiary/aromatic N) is 6. The lowest BCUT2D eigenvalue weighted by Gasteiger charge is -2.34. The van der Waals surface area contributed by atoms with Gasteiger partial charge in [0, 0.05) is 43.0 Å². The van der Waals surface area contributed by atoms with E-state index in [-0.39, 0.29) is 6.04 Å². The molecular weight excluding hydrogens is 450 g/mol. The minimum atomic E-state index is -0.574. The van der Waals surface area contributed by atoms with Gasteiger partial charge in [0.1, 0.15) is 24.1 Å². The highest BCUT2D eigenvalue weighted by Gasteiger charge is 2.30. The third-order valence-corrected chi connectivity index (χ3v) is 6.36. The molecular formula is C25H24F2N8. The smallest absolute Gasteiger partial charge is 0.214 e. The van der Waals surface area contributed by atoms with Gasteiger partial charge >= 0.3 is 0 Å². The Kier molecular flexibility index (Phi) is 5.65. The Morgan fingerprint density at radius 1 is 1.09 bits per heavy atom. The molecule has 4 aromatic rings. The SMILES string of the molecule is FC[C@H]1CN(c2nc(-c3ccnc(Nc4cccc(F)n4)c3)nc3cncc(C4CC4)c23)CCN1. The fraction of sp³-hybridized carbons (Fsp3) is 0.320. The minimum absolute atomic E-state index is 0.237. The molecule has 2 fully saturated rings. The molecule has 1 saturated heterocycles. The van der Waals surface area contributed by atoms with Crippen LogP contribution in [0, 0.1) is 5.95 Å². The molecule has 0 amide bonds. The van der Waals surface area contributed by atoms with Gasteiger partial charge < -0.3 is 15.5 Å². The van der Waals surface area contributed by atoms with Crippen LogP contribution < -0.4 is 15.5 Å². The van der Waals surface area contributed by atoms with Crippen LogP contribution in [0.15, 0.2) is 48.9 Å². The van der Waals surface area contributed by atoms with Crippen LogP contribution in [0.5, 0.6) is 0 Å². The Hall–Kier alpha value is -3.79. The molecule has 2 N–H and O–H groups in total. The van der Waals surface area contributed by atoms with Crippen molar-refractivity contribution in [3.63, 3.8) is 0 Å². The Balaban J connectivity index is 1.43. The fourth-order valence-corrected chi connectivity index (χ4v) is 4.52. The van der Waals surface area contributed by atoms with Crippen LogP contribution in [-0.2, 0) is 0 Å². The molecule has 4 aromatic heterocycles. The van der Waals surface area contributed by atoms with Crippen LogP contribution in [0.4, 0.5) is 26.2 Å². The monoisotopic (exact) mass is 474 g/mol. The molecule has 10 heteroatoms. The molecule has 1 aliphatic heterocycles. The number of piperazine rings is 1. The van der Waals surface area contributed by atoms with E-state index in [2.05, 4.69) is 30.5 Å². The van der Waals surface area contributed by atoms with E-state index in [1.165, 1.54) is 6.07 Å². The average Bonchev–Trinajstić information content (AvgIpc) is 3.73. The number of pyridine rings is 3. The van der Waals surface area contributed by atoms with Crippen LogP contribution in [0.3, 0.4) is 0 Å². The average molecular weight is 475 g/mol. The zero-order chi connectivity index (χ0) is 23.8. The summed E-state index contributed by atoms with van der Waals surface area (Å²) in [4.78, 5) is 24.6. The second-order valence-electron chi connectivity index (χ2n) is 8.92. The number of nitrogens with one attached hydrogen (secondary N) is 2. The first-order chi connectivity index (χ1) is 17.2. The first kappa shape index (κ1) is 21.7. The quantitative estimate of drug-likeness (QED) is 0.406. The largest absolute Gasteiger partial charge is 0.353 e. The highest BCUT2D eigenvalue weighted by molar-refractivity contribution is 5.94. The third kappa shape index (κ3) is 4.49. The van der Waals surface area contributed by atoms with Crippen molar-refractivity contribution in [2.45, 2.75) is 24.8 Å². The van der Waals surface area contributed by atoms with Crippen molar-refractivity contribution in [3.8, 4) is 11.4 Å². The van der Waals surface area contributed by atoms with Gasteiger partial charge in [-0.15, -0.1) is 0 Å². The Morgan fingerprint density at radius 2 is 2.00 bits per heavy atom. The van der Waals surface area contributed by atoms with Crippen molar-refractivity contribution >= 4 is 28.4 Å². The predicted octanol–water partition coefficient (Wildman–Crippen LogP) is 3.99. The molecule has 35 heavy (non-hydrogen) atoms. The van der Waals surface area contributed by atoms with Crippen LogP contribution in [0.25, 0.3) is 22.3 Å². The summed E-state index contributed by atoms with van der Waals surface area (Å²) in [7, 11) is 0. The first-order valence-corrected chi connectivity index (χ1v) is 11.7. The van der Waals surface area contributed by atoms with E-state index in [0.717, 1.165) is 47.2 Å². The van der Waals surface area contributed by atoms with Crippen molar-refractivity contribution in [1.29, 1.82) is 0 Å². The fourth-order valence-electron chi connectivity index (χ4n) is 4.52. The Morgan fingerprint density at radius 3 is 2.83 bits per heavy atom. The molecule has 5 heterocycles. The van der Waals surface area contributed by atoms with E-state index in [0.29, 0.717) is 36.5 Å². The lowest BCUT2D eigenvalue weighted by Crippen LogP contribution is -2.52. The van der Waals surface area contributed by atoms with E-state index in [4.69, 9.17) is 9.97 Å². The van der Waals surface area contributed by atoms with Gasteiger partial charge in [0.05, 0.1) is 17.8 Å².